The third-order valence-electron chi connectivity index (χ3n) is 3.21. The van der Waals surface area contributed by atoms with E-state index in [0.29, 0.717) is 17.3 Å². The summed E-state index contributed by atoms with van der Waals surface area (Å²) >= 11 is 2.21. The predicted molar refractivity (Wildman–Crippen MR) is 97.5 cm³/mol. The molecule has 0 aliphatic heterocycles. The SMILES string of the molecule is Cn1nnnc1-c1cccc(NC(=O)COc2ccc(I)cc2)c1. The molecule has 0 radical (unpaired) electrons. The zero-order valence-electron chi connectivity index (χ0n) is 12.8. The molecule has 24 heavy (non-hydrogen) atoms. The average molecular weight is 435 g/mol. The number of aromatic nitrogens is 4. The smallest absolute Gasteiger partial charge is 0.262 e. The number of rotatable bonds is 5. The lowest BCUT2D eigenvalue weighted by Gasteiger charge is -2.08. The Morgan fingerprint density at radius 2 is 2.04 bits per heavy atom. The summed E-state index contributed by atoms with van der Waals surface area (Å²) in [7, 11) is 1.76. The van der Waals surface area contributed by atoms with Crippen LogP contribution in [0.4, 0.5) is 5.69 Å². The molecular formula is C16H14IN5O2. The molecule has 3 aromatic rings. The van der Waals surface area contributed by atoms with Gasteiger partial charge in [-0.05, 0) is 69.4 Å². The number of benzene rings is 2. The Morgan fingerprint density at radius 3 is 2.75 bits per heavy atom. The highest BCUT2D eigenvalue weighted by Crippen LogP contribution is 2.19. The molecule has 0 spiro atoms. The van der Waals surface area contributed by atoms with Crippen molar-refractivity contribution >= 4 is 34.2 Å². The molecule has 1 aromatic heterocycles. The number of hydrogen-bond donors (Lipinski definition) is 1. The fourth-order valence-corrected chi connectivity index (χ4v) is 2.45. The molecule has 0 fully saturated rings. The van der Waals surface area contributed by atoms with Crippen molar-refractivity contribution < 1.29 is 9.53 Å². The fraction of sp³-hybridized carbons (Fsp3) is 0.125. The van der Waals surface area contributed by atoms with Gasteiger partial charge in [0, 0.05) is 21.9 Å². The molecule has 122 valence electrons. The van der Waals surface area contributed by atoms with E-state index in [9.17, 15) is 4.79 Å². The maximum Gasteiger partial charge on any atom is 0.262 e. The summed E-state index contributed by atoms with van der Waals surface area (Å²) in [5.74, 6) is 1.05. The van der Waals surface area contributed by atoms with Gasteiger partial charge in [-0.1, -0.05) is 12.1 Å². The number of halogens is 1. The molecule has 2 aromatic carbocycles. The first-order valence-electron chi connectivity index (χ1n) is 7.13. The summed E-state index contributed by atoms with van der Waals surface area (Å²) in [4.78, 5) is 12.0. The third kappa shape index (κ3) is 4.07. The molecule has 0 saturated heterocycles. The van der Waals surface area contributed by atoms with E-state index in [1.54, 1.807) is 17.8 Å². The van der Waals surface area contributed by atoms with Gasteiger partial charge in [-0.3, -0.25) is 4.79 Å². The molecule has 0 aliphatic carbocycles. The number of tetrazole rings is 1. The van der Waals surface area contributed by atoms with Gasteiger partial charge in [-0.25, -0.2) is 4.68 Å². The zero-order chi connectivity index (χ0) is 16.9. The van der Waals surface area contributed by atoms with Crippen molar-refractivity contribution in [3.8, 4) is 17.1 Å². The van der Waals surface area contributed by atoms with Gasteiger partial charge in [0.25, 0.3) is 5.91 Å². The van der Waals surface area contributed by atoms with Crippen molar-refractivity contribution in [2.75, 3.05) is 11.9 Å². The minimum atomic E-state index is -0.234. The highest BCUT2D eigenvalue weighted by Gasteiger charge is 2.08. The normalized spacial score (nSPS) is 10.4. The molecule has 8 heteroatoms. The molecule has 1 N–H and O–H groups in total. The predicted octanol–water partition coefficient (Wildman–Crippen LogP) is 2.50. The number of nitrogens with one attached hydrogen (secondary N) is 1. The van der Waals surface area contributed by atoms with Crippen LogP contribution in [0.15, 0.2) is 48.5 Å². The first-order valence-corrected chi connectivity index (χ1v) is 8.21. The van der Waals surface area contributed by atoms with Crippen LogP contribution in [0.5, 0.6) is 5.75 Å². The molecule has 0 atom stereocenters. The van der Waals surface area contributed by atoms with Gasteiger partial charge >= 0.3 is 0 Å². The van der Waals surface area contributed by atoms with Crippen molar-refractivity contribution in [1.29, 1.82) is 0 Å². The van der Waals surface area contributed by atoms with E-state index in [-0.39, 0.29) is 12.5 Å². The minimum Gasteiger partial charge on any atom is -0.484 e. The number of carbonyl (C=O) groups excluding carboxylic acids is 1. The van der Waals surface area contributed by atoms with Crippen LogP contribution in [0.1, 0.15) is 0 Å². The van der Waals surface area contributed by atoms with Crippen LogP contribution in [0.25, 0.3) is 11.4 Å². The highest BCUT2D eigenvalue weighted by molar-refractivity contribution is 14.1. The average Bonchev–Trinajstić information content (AvgIpc) is 3.01. The number of aryl methyl sites for hydroxylation is 1. The molecule has 0 aliphatic rings. The number of amides is 1. The maximum absolute atomic E-state index is 12.0. The van der Waals surface area contributed by atoms with E-state index in [2.05, 4.69) is 43.4 Å². The first kappa shape index (κ1) is 16.4. The van der Waals surface area contributed by atoms with E-state index < -0.39 is 0 Å². The zero-order valence-corrected chi connectivity index (χ0v) is 15.0. The summed E-state index contributed by atoms with van der Waals surface area (Å²) in [6.45, 7) is -0.0592. The van der Waals surface area contributed by atoms with Crippen molar-refractivity contribution in [1.82, 2.24) is 20.2 Å². The lowest BCUT2D eigenvalue weighted by Crippen LogP contribution is -2.20. The molecule has 7 nitrogen and oxygen atoms in total. The van der Waals surface area contributed by atoms with Crippen LogP contribution in [-0.2, 0) is 11.8 Å². The Morgan fingerprint density at radius 1 is 1.25 bits per heavy atom. The fourth-order valence-electron chi connectivity index (χ4n) is 2.09. The van der Waals surface area contributed by atoms with Crippen LogP contribution < -0.4 is 10.1 Å². The Balaban J connectivity index is 1.62. The molecule has 1 heterocycles. The molecular weight excluding hydrogens is 421 g/mol. The van der Waals surface area contributed by atoms with Gasteiger partial charge in [0.1, 0.15) is 5.75 Å². The van der Waals surface area contributed by atoms with E-state index in [4.69, 9.17) is 4.74 Å². The topological polar surface area (TPSA) is 81.9 Å². The summed E-state index contributed by atoms with van der Waals surface area (Å²) in [6.07, 6.45) is 0. The van der Waals surface area contributed by atoms with E-state index >= 15 is 0 Å². The molecule has 0 unspecified atom stereocenters. The number of carbonyl (C=O) groups is 1. The number of ether oxygens (including phenoxy) is 1. The second kappa shape index (κ2) is 7.39. The Kier molecular flexibility index (Phi) is 5.04. The lowest BCUT2D eigenvalue weighted by atomic mass is 10.2. The van der Waals surface area contributed by atoms with Crippen LogP contribution in [0.2, 0.25) is 0 Å². The van der Waals surface area contributed by atoms with Gasteiger partial charge in [-0.15, -0.1) is 5.10 Å². The number of hydrogen-bond acceptors (Lipinski definition) is 5. The maximum atomic E-state index is 12.0. The summed E-state index contributed by atoms with van der Waals surface area (Å²) in [5, 5.41) is 14.2. The minimum absolute atomic E-state index is 0.0592. The molecule has 3 rings (SSSR count). The Labute approximate surface area is 152 Å². The van der Waals surface area contributed by atoms with Crippen LogP contribution in [0, 0.1) is 3.57 Å². The number of nitrogens with zero attached hydrogens (tertiary/aromatic N) is 4. The van der Waals surface area contributed by atoms with Gasteiger partial charge in [0.15, 0.2) is 12.4 Å². The quantitative estimate of drug-likeness (QED) is 0.623. The van der Waals surface area contributed by atoms with Crippen molar-refractivity contribution in [3.05, 3.63) is 52.1 Å². The van der Waals surface area contributed by atoms with Crippen molar-refractivity contribution in [2.45, 2.75) is 0 Å². The highest BCUT2D eigenvalue weighted by atomic mass is 127. The summed E-state index contributed by atoms with van der Waals surface area (Å²) in [6, 6.07) is 14.8. The van der Waals surface area contributed by atoms with Crippen LogP contribution >= 0.6 is 22.6 Å². The van der Waals surface area contributed by atoms with E-state index in [0.717, 1.165) is 9.13 Å². The standard InChI is InChI=1S/C16H14IN5O2/c1-22-16(19-20-21-22)11-3-2-4-13(9-11)18-15(23)10-24-14-7-5-12(17)6-8-14/h2-9H,10H2,1H3,(H,18,23). The Bertz CT molecular complexity index is 848. The van der Waals surface area contributed by atoms with E-state index in [1.165, 1.54) is 0 Å². The molecule has 1 amide bonds. The van der Waals surface area contributed by atoms with Gasteiger partial charge in [0.2, 0.25) is 0 Å². The van der Waals surface area contributed by atoms with Crippen molar-refractivity contribution in [2.24, 2.45) is 7.05 Å². The number of anilines is 1. The van der Waals surface area contributed by atoms with Crippen molar-refractivity contribution in [3.63, 3.8) is 0 Å². The monoisotopic (exact) mass is 435 g/mol. The first-order chi connectivity index (χ1) is 11.6. The molecule has 0 bridgehead atoms. The largest absolute Gasteiger partial charge is 0.484 e. The van der Waals surface area contributed by atoms with Gasteiger partial charge < -0.3 is 10.1 Å². The second-order valence-corrected chi connectivity index (χ2v) is 6.24. The van der Waals surface area contributed by atoms with Gasteiger partial charge in [0.05, 0.1) is 0 Å². The third-order valence-corrected chi connectivity index (χ3v) is 3.93. The van der Waals surface area contributed by atoms with Crippen LogP contribution in [-0.4, -0.2) is 32.7 Å². The van der Waals surface area contributed by atoms with Crippen LogP contribution in [0.3, 0.4) is 0 Å². The second-order valence-electron chi connectivity index (χ2n) is 5.00. The van der Waals surface area contributed by atoms with Gasteiger partial charge in [-0.2, -0.15) is 0 Å². The van der Waals surface area contributed by atoms with E-state index in [1.807, 2.05) is 42.5 Å². The lowest BCUT2D eigenvalue weighted by molar-refractivity contribution is -0.118. The molecule has 0 saturated carbocycles. The summed E-state index contributed by atoms with van der Waals surface area (Å²) in [5.41, 5.74) is 1.48. The summed E-state index contributed by atoms with van der Waals surface area (Å²) < 4.78 is 8.15. The Hall–Kier alpha value is -2.49.